The van der Waals surface area contributed by atoms with Crippen molar-refractivity contribution in [3.8, 4) is 17.8 Å². The Morgan fingerprint density at radius 2 is 0.700 bits per heavy atom. The molecular formula is C21H15N6O3+3. The third-order valence-corrected chi connectivity index (χ3v) is 4.27. The Morgan fingerprint density at radius 1 is 0.467 bits per heavy atom. The fraction of sp³-hybridized carbons (Fsp3) is 0. The molecule has 9 nitrogen and oxygen atoms in total. The summed E-state index contributed by atoms with van der Waals surface area (Å²) in [5.74, 6) is 0.976. The van der Waals surface area contributed by atoms with E-state index < -0.39 is 0 Å². The number of nitrogens with zero attached hydrogens (tertiary/aromatic N) is 6. The van der Waals surface area contributed by atoms with E-state index in [9.17, 15) is 14.4 Å². The van der Waals surface area contributed by atoms with Crippen LogP contribution in [0.1, 0.15) is 31.1 Å². The molecule has 0 fully saturated rings. The lowest BCUT2D eigenvalue weighted by Crippen LogP contribution is -2.42. The molecule has 4 heterocycles. The van der Waals surface area contributed by atoms with Gasteiger partial charge in [-0.2, -0.15) is 0 Å². The number of aldehydes is 3. The highest BCUT2D eigenvalue weighted by Gasteiger charge is 2.25. The summed E-state index contributed by atoms with van der Waals surface area (Å²) in [7, 11) is 0. The largest absolute Gasteiger partial charge is 0.449 e. The lowest BCUT2D eigenvalue weighted by molar-refractivity contribution is -0.629. The van der Waals surface area contributed by atoms with Gasteiger partial charge in [0.15, 0.2) is 0 Å². The molecule has 0 amide bonds. The maximum atomic E-state index is 10.9. The monoisotopic (exact) mass is 399 g/mol. The van der Waals surface area contributed by atoms with Crippen molar-refractivity contribution in [1.29, 1.82) is 0 Å². The second-order valence-corrected chi connectivity index (χ2v) is 6.21. The van der Waals surface area contributed by atoms with Gasteiger partial charge in [-0.1, -0.05) is 0 Å². The van der Waals surface area contributed by atoms with E-state index in [4.69, 9.17) is 0 Å². The molecule has 0 aromatic carbocycles. The van der Waals surface area contributed by atoms with Crippen molar-refractivity contribution in [1.82, 2.24) is 15.0 Å². The van der Waals surface area contributed by atoms with Crippen LogP contribution in [0, 0.1) is 0 Å². The summed E-state index contributed by atoms with van der Waals surface area (Å²) in [4.78, 5) is 46.3. The number of aromatic nitrogens is 6. The Labute approximate surface area is 170 Å². The molecule has 0 aliphatic carbocycles. The van der Waals surface area contributed by atoms with Gasteiger partial charge in [0.25, 0.3) is 0 Å². The van der Waals surface area contributed by atoms with Gasteiger partial charge in [0.2, 0.25) is 0 Å². The highest BCUT2D eigenvalue weighted by Crippen LogP contribution is 2.00. The Morgan fingerprint density at radius 3 is 0.900 bits per heavy atom. The molecular weight excluding hydrogens is 384 g/mol. The summed E-state index contributed by atoms with van der Waals surface area (Å²) < 4.78 is 4.97. The van der Waals surface area contributed by atoms with E-state index in [2.05, 4.69) is 15.0 Å². The average molecular weight is 399 g/mol. The quantitative estimate of drug-likeness (QED) is 0.338. The van der Waals surface area contributed by atoms with Gasteiger partial charge in [-0.05, 0) is 36.4 Å². The van der Waals surface area contributed by atoms with Gasteiger partial charge in [0.1, 0.15) is 18.9 Å². The Balaban J connectivity index is 1.86. The van der Waals surface area contributed by atoms with E-state index in [1.54, 1.807) is 87.3 Å². The van der Waals surface area contributed by atoms with E-state index in [0.29, 0.717) is 34.5 Å². The Kier molecular flexibility index (Phi) is 5.16. The Bertz CT molecular complexity index is 1060. The van der Waals surface area contributed by atoms with Crippen LogP contribution >= 0.6 is 0 Å². The normalized spacial score (nSPS) is 10.4. The topological polar surface area (TPSA) is 102 Å². The van der Waals surface area contributed by atoms with Gasteiger partial charge in [0, 0.05) is 31.6 Å². The van der Waals surface area contributed by atoms with Crippen molar-refractivity contribution in [2.75, 3.05) is 0 Å². The predicted octanol–water partition coefficient (Wildman–Crippen LogP) is 0.139. The van der Waals surface area contributed by atoms with Gasteiger partial charge in [-0.15, -0.1) is 0 Å². The molecule has 30 heavy (non-hydrogen) atoms. The van der Waals surface area contributed by atoms with Crippen molar-refractivity contribution in [3.63, 3.8) is 0 Å². The summed E-state index contributed by atoms with van der Waals surface area (Å²) in [5.41, 5.74) is 1.58. The summed E-state index contributed by atoms with van der Waals surface area (Å²) in [6.07, 6.45) is 12.3. The van der Waals surface area contributed by atoms with Gasteiger partial charge < -0.3 is 0 Å². The number of hydrogen-bond acceptors (Lipinski definition) is 6. The van der Waals surface area contributed by atoms with Crippen molar-refractivity contribution < 1.29 is 28.1 Å². The number of pyridine rings is 3. The van der Waals surface area contributed by atoms with Crippen LogP contribution in [0.25, 0.3) is 17.8 Å². The van der Waals surface area contributed by atoms with Crippen LogP contribution < -0.4 is 13.7 Å². The molecule has 0 radical (unpaired) electrons. The standard InChI is InChI=1S/C21H15N6O3/c28-13-16-1-7-25(8-2-16)19-22-20(26-9-3-17(14-29)4-10-26)24-21(23-19)27-11-5-18(15-30)6-12-27/h1-15H/q+3. The molecule has 0 saturated carbocycles. The highest BCUT2D eigenvalue weighted by atomic mass is 16.1. The van der Waals surface area contributed by atoms with Crippen LogP contribution in [-0.2, 0) is 0 Å². The third kappa shape index (κ3) is 3.85. The molecule has 4 aromatic heterocycles. The van der Waals surface area contributed by atoms with Crippen LogP contribution in [-0.4, -0.2) is 33.8 Å². The zero-order valence-electron chi connectivity index (χ0n) is 15.6. The Hall–Kier alpha value is -4.53. The summed E-state index contributed by atoms with van der Waals surface area (Å²) in [5, 5.41) is 0. The molecule has 0 N–H and O–H groups in total. The van der Waals surface area contributed by atoms with Crippen molar-refractivity contribution >= 4 is 18.9 Å². The maximum Gasteiger partial charge on any atom is 0.449 e. The second-order valence-electron chi connectivity index (χ2n) is 6.21. The lowest BCUT2D eigenvalue weighted by atomic mass is 10.3. The molecule has 144 valence electrons. The molecule has 0 aliphatic rings. The minimum absolute atomic E-state index is 0.325. The maximum absolute atomic E-state index is 10.9. The van der Waals surface area contributed by atoms with Gasteiger partial charge in [-0.3, -0.25) is 14.4 Å². The van der Waals surface area contributed by atoms with E-state index in [1.165, 1.54) is 0 Å². The van der Waals surface area contributed by atoms with E-state index >= 15 is 0 Å². The number of carbonyl (C=O) groups is 3. The van der Waals surface area contributed by atoms with Crippen LogP contribution in [0.2, 0.25) is 0 Å². The first-order valence-electron chi connectivity index (χ1n) is 8.87. The van der Waals surface area contributed by atoms with Crippen LogP contribution in [0.4, 0.5) is 0 Å². The molecule has 4 aromatic rings. The summed E-state index contributed by atoms with van der Waals surface area (Å²) in [6, 6.07) is 9.88. The number of hydrogen-bond donors (Lipinski definition) is 0. The molecule has 0 spiro atoms. The fourth-order valence-electron chi connectivity index (χ4n) is 2.64. The van der Waals surface area contributed by atoms with Crippen LogP contribution in [0.5, 0.6) is 0 Å². The van der Waals surface area contributed by atoms with Crippen LogP contribution in [0.3, 0.4) is 0 Å². The molecule has 0 bridgehead atoms. The molecule has 0 saturated heterocycles. The number of rotatable bonds is 6. The van der Waals surface area contributed by atoms with Crippen molar-refractivity contribution in [3.05, 3.63) is 90.3 Å². The minimum atomic E-state index is 0.325. The van der Waals surface area contributed by atoms with Crippen molar-refractivity contribution in [2.24, 2.45) is 0 Å². The van der Waals surface area contributed by atoms with E-state index in [1.807, 2.05) is 0 Å². The first-order chi connectivity index (χ1) is 14.7. The minimum Gasteiger partial charge on any atom is -0.298 e. The van der Waals surface area contributed by atoms with Gasteiger partial charge >= 0.3 is 17.8 Å². The van der Waals surface area contributed by atoms with E-state index in [-0.39, 0.29) is 0 Å². The summed E-state index contributed by atoms with van der Waals surface area (Å²) >= 11 is 0. The fourth-order valence-corrected chi connectivity index (χ4v) is 2.64. The third-order valence-electron chi connectivity index (χ3n) is 4.27. The summed E-state index contributed by atoms with van der Waals surface area (Å²) in [6.45, 7) is 0. The van der Waals surface area contributed by atoms with Gasteiger partial charge in [0.05, 0.1) is 37.2 Å². The molecule has 9 heteroatoms. The number of carbonyl (C=O) groups excluding carboxylic acids is 3. The average Bonchev–Trinajstić information content (AvgIpc) is 2.84. The molecule has 0 aliphatic heterocycles. The SMILES string of the molecule is O=Cc1cc[n+](-c2nc(-[n+]3ccc(C=O)cc3)nc(-[n+]3ccc(C=O)cc3)n2)cc1. The smallest absolute Gasteiger partial charge is 0.298 e. The highest BCUT2D eigenvalue weighted by molar-refractivity contribution is 5.74. The second kappa shape index (κ2) is 8.23. The molecule has 4 rings (SSSR count). The van der Waals surface area contributed by atoms with Crippen molar-refractivity contribution in [2.45, 2.75) is 0 Å². The van der Waals surface area contributed by atoms with E-state index in [0.717, 1.165) is 18.9 Å². The molecule has 0 unspecified atom stereocenters. The zero-order valence-corrected chi connectivity index (χ0v) is 15.6. The van der Waals surface area contributed by atoms with Gasteiger partial charge in [-0.25, -0.2) is 13.7 Å². The first kappa shape index (κ1) is 18.8. The predicted molar refractivity (Wildman–Crippen MR) is 101 cm³/mol. The zero-order chi connectivity index (χ0) is 20.9. The van der Waals surface area contributed by atoms with Crippen LogP contribution in [0.15, 0.2) is 73.6 Å². The first-order valence-corrected chi connectivity index (χ1v) is 8.87. The lowest BCUT2D eigenvalue weighted by Gasteiger charge is -2.00. The molecule has 0 atom stereocenters.